The molecule has 1 aliphatic rings. The molecule has 5 N–H and O–H groups in total. The van der Waals surface area contributed by atoms with Crippen LogP contribution in [0.3, 0.4) is 0 Å². The van der Waals surface area contributed by atoms with E-state index >= 15 is 0 Å². The van der Waals surface area contributed by atoms with E-state index in [1.807, 2.05) is 24.3 Å². The van der Waals surface area contributed by atoms with Crippen molar-refractivity contribution in [3.05, 3.63) is 29.4 Å². The highest BCUT2D eigenvalue weighted by Gasteiger charge is 2.41. The molecule has 0 unspecified atom stereocenters. The van der Waals surface area contributed by atoms with Crippen LogP contribution in [0.4, 0.5) is 11.8 Å². The van der Waals surface area contributed by atoms with Gasteiger partial charge in [-0.25, -0.2) is 9.97 Å². The standard InChI is InChI=1S/C22H28ClN5O3S/c1-2-3-6-9-24-22-27-19(23)16(21-26-13-7-4-5-8-15(13)32-21)20(28-22)25-14-10-12(11-29)17(30)18(14)31/h4-5,7-8,12,14,17-18,29-31H,2-3,6,9-11H2,1H3,(H2,24,25,27,28)/t12-,14-,17-,18+/m1/s1. The SMILES string of the molecule is CCCCCNc1nc(Cl)c(-c2nc3ccccc3s2)c(N[C@@H]2C[C@H](CO)[C@@H](O)[C@H]2O)n1. The van der Waals surface area contributed by atoms with Crippen molar-refractivity contribution in [2.75, 3.05) is 23.8 Å². The normalized spacial score (nSPS) is 23.0. The summed E-state index contributed by atoms with van der Waals surface area (Å²) in [5.74, 6) is 0.430. The number of thiazole rings is 1. The van der Waals surface area contributed by atoms with Crippen LogP contribution in [0.15, 0.2) is 24.3 Å². The second kappa shape index (κ2) is 10.3. The molecule has 2 aromatic heterocycles. The quantitative estimate of drug-likeness (QED) is 0.234. The van der Waals surface area contributed by atoms with E-state index in [0.29, 0.717) is 28.8 Å². The van der Waals surface area contributed by atoms with Crippen LogP contribution >= 0.6 is 22.9 Å². The van der Waals surface area contributed by atoms with Crippen molar-refractivity contribution in [2.24, 2.45) is 5.92 Å². The Labute approximate surface area is 195 Å². The molecule has 1 fully saturated rings. The van der Waals surface area contributed by atoms with E-state index in [9.17, 15) is 15.3 Å². The topological polar surface area (TPSA) is 123 Å². The van der Waals surface area contributed by atoms with Gasteiger partial charge < -0.3 is 26.0 Å². The van der Waals surface area contributed by atoms with E-state index in [1.165, 1.54) is 11.3 Å². The number of hydrogen-bond acceptors (Lipinski definition) is 9. The Bertz CT molecular complexity index is 1030. The zero-order chi connectivity index (χ0) is 22.7. The third-order valence-electron chi connectivity index (χ3n) is 5.79. The second-order valence-electron chi connectivity index (χ2n) is 8.09. The lowest BCUT2D eigenvalue weighted by Crippen LogP contribution is -2.35. The number of para-hydroxylation sites is 1. The number of unbranched alkanes of at least 4 members (excludes halogenated alkanes) is 2. The summed E-state index contributed by atoms with van der Waals surface area (Å²) >= 11 is 8.11. The maximum Gasteiger partial charge on any atom is 0.226 e. The number of nitrogens with one attached hydrogen (secondary N) is 2. The van der Waals surface area contributed by atoms with Crippen molar-refractivity contribution in [3.8, 4) is 10.6 Å². The van der Waals surface area contributed by atoms with Gasteiger partial charge >= 0.3 is 0 Å². The van der Waals surface area contributed by atoms with Gasteiger partial charge in [-0.05, 0) is 25.0 Å². The number of nitrogens with zero attached hydrogens (tertiary/aromatic N) is 3. The maximum atomic E-state index is 10.5. The lowest BCUT2D eigenvalue weighted by molar-refractivity contribution is 0.00446. The molecule has 1 aromatic carbocycles. The van der Waals surface area contributed by atoms with Gasteiger partial charge in [0.1, 0.15) is 22.1 Å². The van der Waals surface area contributed by atoms with E-state index < -0.39 is 24.2 Å². The van der Waals surface area contributed by atoms with Crippen molar-refractivity contribution in [1.29, 1.82) is 0 Å². The van der Waals surface area contributed by atoms with Gasteiger partial charge in [-0.2, -0.15) is 4.98 Å². The average molecular weight is 478 g/mol. The number of anilines is 2. The van der Waals surface area contributed by atoms with Crippen LogP contribution in [0.2, 0.25) is 5.15 Å². The number of rotatable bonds is 9. The van der Waals surface area contributed by atoms with E-state index in [-0.39, 0.29) is 11.8 Å². The van der Waals surface area contributed by atoms with Gasteiger partial charge in [-0.3, -0.25) is 0 Å². The minimum atomic E-state index is -1.04. The van der Waals surface area contributed by atoms with Crippen LogP contribution in [0.1, 0.15) is 32.6 Å². The molecule has 0 radical (unpaired) electrons. The molecule has 0 aliphatic heterocycles. The first-order valence-electron chi connectivity index (χ1n) is 10.9. The number of halogens is 1. The molecule has 0 saturated heterocycles. The van der Waals surface area contributed by atoms with E-state index in [1.54, 1.807) is 0 Å². The number of hydrogen-bond donors (Lipinski definition) is 5. The van der Waals surface area contributed by atoms with Gasteiger partial charge in [0, 0.05) is 19.1 Å². The molecule has 2 heterocycles. The fourth-order valence-electron chi connectivity index (χ4n) is 3.99. The van der Waals surface area contributed by atoms with Gasteiger partial charge in [0.05, 0.1) is 27.9 Å². The molecule has 8 nitrogen and oxygen atoms in total. The van der Waals surface area contributed by atoms with Crippen molar-refractivity contribution in [2.45, 2.75) is 50.9 Å². The number of benzene rings is 1. The molecular formula is C22H28ClN5O3S. The highest BCUT2D eigenvalue weighted by atomic mass is 35.5. The highest BCUT2D eigenvalue weighted by Crippen LogP contribution is 2.39. The summed E-state index contributed by atoms with van der Waals surface area (Å²) in [5.41, 5.74) is 1.41. The summed E-state index contributed by atoms with van der Waals surface area (Å²) in [6, 6.07) is 7.32. The van der Waals surface area contributed by atoms with E-state index in [2.05, 4.69) is 27.5 Å². The molecule has 0 spiro atoms. The van der Waals surface area contributed by atoms with Crippen LogP contribution in [0, 0.1) is 5.92 Å². The van der Waals surface area contributed by atoms with Crippen LogP contribution in [0.5, 0.6) is 0 Å². The third kappa shape index (κ3) is 4.82. The van der Waals surface area contributed by atoms with Gasteiger partial charge in [0.25, 0.3) is 0 Å². The fraction of sp³-hybridized carbons (Fsp3) is 0.500. The molecule has 1 aliphatic carbocycles. The Morgan fingerprint density at radius 3 is 2.66 bits per heavy atom. The molecule has 10 heteroatoms. The number of aliphatic hydroxyl groups excluding tert-OH is 3. The van der Waals surface area contributed by atoms with Gasteiger partial charge in [0.15, 0.2) is 0 Å². The Morgan fingerprint density at radius 1 is 1.12 bits per heavy atom. The van der Waals surface area contributed by atoms with Crippen LogP contribution in [0.25, 0.3) is 20.8 Å². The summed E-state index contributed by atoms with van der Waals surface area (Å²) in [6.07, 6.45) is 1.56. The Hall–Kier alpha value is -2.04. The number of aliphatic hydroxyl groups is 3. The van der Waals surface area contributed by atoms with Crippen molar-refractivity contribution in [1.82, 2.24) is 15.0 Å². The Morgan fingerprint density at radius 2 is 1.94 bits per heavy atom. The van der Waals surface area contributed by atoms with Gasteiger partial charge in [-0.15, -0.1) is 11.3 Å². The first-order chi connectivity index (χ1) is 15.5. The lowest BCUT2D eigenvalue weighted by Gasteiger charge is -2.21. The van der Waals surface area contributed by atoms with Crippen LogP contribution < -0.4 is 10.6 Å². The molecule has 172 valence electrons. The molecule has 32 heavy (non-hydrogen) atoms. The minimum Gasteiger partial charge on any atom is -0.396 e. The van der Waals surface area contributed by atoms with Crippen LogP contribution in [-0.4, -0.2) is 61.7 Å². The Balaban J connectivity index is 1.69. The largest absolute Gasteiger partial charge is 0.396 e. The third-order valence-corrected chi connectivity index (χ3v) is 7.12. The predicted octanol–water partition coefficient (Wildman–Crippen LogP) is 3.52. The van der Waals surface area contributed by atoms with Gasteiger partial charge in [-0.1, -0.05) is 43.5 Å². The van der Waals surface area contributed by atoms with Crippen molar-refractivity contribution >= 4 is 44.9 Å². The zero-order valence-corrected chi connectivity index (χ0v) is 19.4. The average Bonchev–Trinajstić information content (AvgIpc) is 3.32. The summed E-state index contributed by atoms with van der Waals surface area (Å²) in [6.45, 7) is 2.67. The summed E-state index contributed by atoms with van der Waals surface area (Å²) in [4.78, 5) is 13.8. The number of fused-ring (bicyclic) bond motifs is 1. The molecule has 0 bridgehead atoms. The summed E-state index contributed by atoms with van der Waals surface area (Å²) in [5, 5.41) is 37.6. The molecule has 1 saturated carbocycles. The van der Waals surface area contributed by atoms with Gasteiger partial charge in [0.2, 0.25) is 5.95 Å². The summed E-state index contributed by atoms with van der Waals surface area (Å²) in [7, 11) is 0. The summed E-state index contributed by atoms with van der Waals surface area (Å²) < 4.78 is 1.02. The fourth-order valence-corrected chi connectivity index (χ4v) is 5.31. The second-order valence-corrected chi connectivity index (χ2v) is 9.48. The molecule has 0 amide bonds. The van der Waals surface area contributed by atoms with E-state index in [0.717, 1.165) is 36.0 Å². The van der Waals surface area contributed by atoms with Crippen molar-refractivity contribution < 1.29 is 15.3 Å². The molecule has 3 aromatic rings. The number of aromatic nitrogens is 3. The first kappa shape index (κ1) is 23.1. The van der Waals surface area contributed by atoms with Crippen LogP contribution in [-0.2, 0) is 0 Å². The highest BCUT2D eigenvalue weighted by molar-refractivity contribution is 7.21. The maximum absolute atomic E-state index is 10.5. The smallest absolute Gasteiger partial charge is 0.226 e. The predicted molar refractivity (Wildman–Crippen MR) is 128 cm³/mol. The molecule has 4 rings (SSSR count). The monoisotopic (exact) mass is 477 g/mol. The Kier molecular flexibility index (Phi) is 7.42. The molecular weight excluding hydrogens is 450 g/mol. The van der Waals surface area contributed by atoms with Crippen molar-refractivity contribution in [3.63, 3.8) is 0 Å². The molecule has 4 atom stereocenters. The first-order valence-corrected chi connectivity index (χ1v) is 12.1. The lowest BCUT2D eigenvalue weighted by atomic mass is 10.1. The van der Waals surface area contributed by atoms with E-state index in [4.69, 9.17) is 16.6 Å². The minimum absolute atomic E-state index is 0.199. The zero-order valence-electron chi connectivity index (χ0n) is 17.8.